The molecule has 0 aliphatic rings. The fourth-order valence-electron chi connectivity index (χ4n) is 2.01. The van der Waals surface area contributed by atoms with Crippen LogP contribution in [0.15, 0.2) is 18.2 Å². The molecule has 90 valence electrons. The number of aromatic nitrogens is 1. The minimum atomic E-state index is -1.08. The number of hydrogen-bond acceptors (Lipinski definition) is 2. The SMILES string of the molecule is Cc1c(NC(=O)O)ccc2c1cc(CO)n2C. The predicted molar refractivity (Wildman–Crippen MR) is 65.2 cm³/mol. The summed E-state index contributed by atoms with van der Waals surface area (Å²) in [7, 11) is 1.87. The monoisotopic (exact) mass is 234 g/mol. The normalized spacial score (nSPS) is 10.8. The summed E-state index contributed by atoms with van der Waals surface area (Å²) in [6.07, 6.45) is -1.08. The van der Waals surface area contributed by atoms with Crippen molar-refractivity contribution in [1.29, 1.82) is 0 Å². The molecule has 0 saturated heterocycles. The van der Waals surface area contributed by atoms with Gasteiger partial charge in [-0.3, -0.25) is 5.32 Å². The Balaban J connectivity index is 2.63. The van der Waals surface area contributed by atoms with Crippen molar-refractivity contribution in [3.05, 3.63) is 29.5 Å². The predicted octanol–water partition coefficient (Wildman–Crippen LogP) is 2.07. The van der Waals surface area contributed by atoms with Crippen molar-refractivity contribution in [1.82, 2.24) is 4.57 Å². The highest BCUT2D eigenvalue weighted by atomic mass is 16.4. The van der Waals surface area contributed by atoms with Crippen molar-refractivity contribution in [3.8, 4) is 0 Å². The van der Waals surface area contributed by atoms with Crippen LogP contribution in [0.1, 0.15) is 11.3 Å². The number of aliphatic hydroxyl groups excluding tert-OH is 1. The number of aryl methyl sites for hydroxylation is 2. The molecule has 5 heteroatoms. The number of nitrogens with one attached hydrogen (secondary N) is 1. The zero-order chi connectivity index (χ0) is 12.6. The minimum absolute atomic E-state index is 0.0354. The molecule has 3 N–H and O–H groups in total. The van der Waals surface area contributed by atoms with Gasteiger partial charge in [-0.2, -0.15) is 0 Å². The lowest BCUT2D eigenvalue weighted by Gasteiger charge is -2.07. The number of anilines is 1. The van der Waals surface area contributed by atoms with E-state index in [0.29, 0.717) is 5.69 Å². The number of fused-ring (bicyclic) bond motifs is 1. The molecule has 0 aliphatic heterocycles. The van der Waals surface area contributed by atoms with Crippen LogP contribution in [-0.2, 0) is 13.7 Å². The van der Waals surface area contributed by atoms with Crippen LogP contribution in [0.2, 0.25) is 0 Å². The zero-order valence-electron chi connectivity index (χ0n) is 9.69. The lowest BCUT2D eigenvalue weighted by Crippen LogP contribution is -2.08. The van der Waals surface area contributed by atoms with Crippen LogP contribution in [0.5, 0.6) is 0 Å². The Morgan fingerprint density at radius 3 is 2.76 bits per heavy atom. The standard InChI is InChI=1S/C12H14N2O3/c1-7-9-5-8(6-15)14(2)11(9)4-3-10(7)13-12(16)17/h3-5,13,15H,6H2,1-2H3,(H,16,17). The molecule has 5 nitrogen and oxygen atoms in total. The van der Waals surface area contributed by atoms with Crippen molar-refractivity contribution in [2.75, 3.05) is 5.32 Å². The molecular formula is C12H14N2O3. The molecule has 0 radical (unpaired) electrons. The third-order valence-corrected chi connectivity index (χ3v) is 3.00. The van der Waals surface area contributed by atoms with Gasteiger partial charge >= 0.3 is 6.09 Å². The number of benzene rings is 1. The number of amides is 1. The van der Waals surface area contributed by atoms with Gasteiger partial charge in [0.15, 0.2) is 0 Å². The summed E-state index contributed by atoms with van der Waals surface area (Å²) in [6, 6.07) is 5.44. The van der Waals surface area contributed by atoms with Crippen molar-refractivity contribution in [2.24, 2.45) is 7.05 Å². The first-order valence-corrected chi connectivity index (χ1v) is 5.23. The maximum Gasteiger partial charge on any atom is 0.409 e. The van der Waals surface area contributed by atoms with E-state index in [-0.39, 0.29) is 6.61 Å². The van der Waals surface area contributed by atoms with Crippen molar-refractivity contribution >= 4 is 22.7 Å². The Kier molecular flexibility index (Phi) is 2.77. The quantitative estimate of drug-likeness (QED) is 0.744. The second-order valence-electron chi connectivity index (χ2n) is 3.95. The van der Waals surface area contributed by atoms with Crippen molar-refractivity contribution in [2.45, 2.75) is 13.5 Å². The van der Waals surface area contributed by atoms with Crippen molar-refractivity contribution < 1.29 is 15.0 Å². The van der Waals surface area contributed by atoms with Crippen LogP contribution in [0.4, 0.5) is 10.5 Å². The number of hydrogen-bond donors (Lipinski definition) is 3. The summed E-state index contributed by atoms with van der Waals surface area (Å²) in [6.45, 7) is 1.82. The fourth-order valence-corrected chi connectivity index (χ4v) is 2.01. The Morgan fingerprint density at radius 1 is 1.47 bits per heavy atom. The second kappa shape index (κ2) is 4.10. The Morgan fingerprint density at radius 2 is 2.18 bits per heavy atom. The average Bonchev–Trinajstić information content (AvgIpc) is 2.60. The molecule has 1 aromatic carbocycles. The molecule has 1 aromatic heterocycles. The summed E-state index contributed by atoms with van der Waals surface area (Å²) >= 11 is 0. The highest BCUT2D eigenvalue weighted by Gasteiger charge is 2.10. The average molecular weight is 234 g/mol. The highest BCUT2D eigenvalue weighted by Crippen LogP contribution is 2.27. The Labute approximate surface area is 98.3 Å². The van der Waals surface area contributed by atoms with E-state index in [4.69, 9.17) is 5.11 Å². The first kappa shape index (κ1) is 11.5. The van der Waals surface area contributed by atoms with Crippen LogP contribution < -0.4 is 5.32 Å². The van der Waals surface area contributed by atoms with Gasteiger partial charge in [0.25, 0.3) is 0 Å². The van der Waals surface area contributed by atoms with Crippen LogP contribution in [-0.4, -0.2) is 20.9 Å². The van der Waals surface area contributed by atoms with E-state index in [0.717, 1.165) is 22.2 Å². The zero-order valence-corrected chi connectivity index (χ0v) is 9.69. The third kappa shape index (κ3) is 1.85. The van der Waals surface area contributed by atoms with E-state index in [1.165, 1.54) is 0 Å². The van der Waals surface area contributed by atoms with Crippen LogP contribution in [0.25, 0.3) is 10.9 Å². The summed E-state index contributed by atoms with van der Waals surface area (Å²) in [5.41, 5.74) is 3.21. The Hall–Kier alpha value is -2.01. The molecule has 1 heterocycles. The van der Waals surface area contributed by atoms with Crippen LogP contribution >= 0.6 is 0 Å². The molecule has 0 atom stereocenters. The van der Waals surface area contributed by atoms with Crippen LogP contribution in [0, 0.1) is 6.92 Å². The lowest BCUT2D eigenvalue weighted by atomic mass is 10.1. The fraction of sp³-hybridized carbons (Fsp3) is 0.250. The molecule has 0 aliphatic carbocycles. The minimum Gasteiger partial charge on any atom is -0.465 e. The molecule has 0 bridgehead atoms. The molecule has 0 unspecified atom stereocenters. The topological polar surface area (TPSA) is 74.5 Å². The largest absolute Gasteiger partial charge is 0.465 e. The van der Waals surface area contributed by atoms with Gasteiger partial charge in [-0.1, -0.05) is 0 Å². The molecule has 2 rings (SSSR count). The van der Waals surface area contributed by atoms with Gasteiger partial charge in [0.1, 0.15) is 0 Å². The molecule has 2 aromatic rings. The van der Waals surface area contributed by atoms with Gasteiger partial charge in [-0.25, -0.2) is 4.79 Å². The van der Waals surface area contributed by atoms with Gasteiger partial charge in [0.05, 0.1) is 6.61 Å². The third-order valence-electron chi connectivity index (χ3n) is 3.00. The molecule has 0 fully saturated rings. The van der Waals surface area contributed by atoms with E-state index in [1.54, 1.807) is 6.07 Å². The number of rotatable bonds is 2. The van der Waals surface area contributed by atoms with E-state index in [9.17, 15) is 9.90 Å². The van der Waals surface area contributed by atoms with Gasteiger partial charge in [-0.15, -0.1) is 0 Å². The molecular weight excluding hydrogens is 220 g/mol. The van der Waals surface area contributed by atoms with Gasteiger partial charge < -0.3 is 14.8 Å². The highest BCUT2D eigenvalue weighted by molar-refractivity contribution is 5.93. The van der Waals surface area contributed by atoms with Crippen LogP contribution in [0.3, 0.4) is 0 Å². The maximum atomic E-state index is 10.6. The molecule has 17 heavy (non-hydrogen) atoms. The number of carboxylic acid groups (broad SMARTS) is 1. The van der Waals surface area contributed by atoms with Gasteiger partial charge in [-0.05, 0) is 30.7 Å². The maximum absolute atomic E-state index is 10.6. The number of carbonyl (C=O) groups is 1. The molecule has 1 amide bonds. The van der Waals surface area contributed by atoms with Gasteiger partial charge in [0.2, 0.25) is 0 Å². The van der Waals surface area contributed by atoms with E-state index in [1.807, 2.05) is 30.7 Å². The lowest BCUT2D eigenvalue weighted by molar-refractivity contribution is 0.209. The Bertz CT molecular complexity index is 587. The number of aliphatic hydroxyl groups is 1. The molecule has 0 spiro atoms. The van der Waals surface area contributed by atoms with E-state index in [2.05, 4.69) is 5.32 Å². The summed E-state index contributed by atoms with van der Waals surface area (Å²) in [5, 5.41) is 21.2. The smallest absolute Gasteiger partial charge is 0.409 e. The van der Waals surface area contributed by atoms with E-state index >= 15 is 0 Å². The summed E-state index contributed by atoms with van der Waals surface area (Å²) in [5.74, 6) is 0. The molecule has 0 saturated carbocycles. The van der Waals surface area contributed by atoms with E-state index < -0.39 is 6.09 Å². The second-order valence-corrected chi connectivity index (χ2v) is 3.95. The van der Waals surface area contributed by atoms with Crippen molar-refractivity contribution in [3.63, 3.8) is 0 Å². The summed E-state index contributed by atoms with van der Waals surface area (Å²) < 4.78 is 1.90. The summed E-state index contributed by atoms with van der Waals surface area (Å²) in [4.78, 5) is 10.6. The first-order chi connectivity index (χ1) is 8.04. The first-order valence-electron chi connectivity index (χ1n) is 5.23. The number of nitrogens with zero attached hydrogens (tertiary/aromatic N) is 1. The van der Waals surface area contributed by atoms with Gasteiger partial charge in [0, 0.05) is 29.3 Å².